The fraction of sp³-hybridized carbons (Fsp3) is 0.500. The van der Waals surface area contributed by atoms with E-state index in [9.17, 15) is 9.59 Å². The van der Waals surface area contributed by atoms with E-state index in [1.165, 1.54) is 0 Å². The van der Waals surface area contributed by atoms with Crippen LogP contribution in [0.15, 0.2) is 0 Å². The summed E-state index contributed by atoms with van der Waals surface area (Å²) in [4.78, 5) is 19.3. The van der Waals surface area contributed by atoms with Gasteiger partial charge in [0.25, 0.3) is 0 Å². The van der Waals surface area contributed by atoms with Crippen molar-refractivity contribution in [2.75, 3.05) is 0 Å². The minimum Gasteiger partial charge on any atom is -0.750 e. The number of carboxylic acid groups (broad SMARTS) is 2. The van der Waals surface area contributed by atoms with Crippen LogP contribution in [0.4, 0.5) is 0 Å². The first-order valence-corrected chi connectivity index (χ1v) is 3.61. The van der Waals surface area contributed by atoms with E-state index in [2.05, 4.69) is 0 Å². The maximum Gasteiger partial charge on any atom is 1.00 e. The Hall–Kier alpha value is -0.393. The molecular weight excluding hydrogens is 199 g/mol. The maximum atomic E-state index is 9.64. The fourth-order valence-electron chi connectivity index (χ4n) is 0.214. The minimum atomic E-state index is -2.86. The van der Waals surface area contributed by atoms with Gasteiger partial charge in [0.05, 0.1) is 24.2 Å². The van der Waals surface area contributed by atoms with Gasteiger partial charge in [0.2, 0.25) is 0 Å². The van der Waals surface area contributed by atoms with Crippen molar-refractivity contribution < 1.29 is 52.0 Å². The zero-order valence-corrected chi connectivity index (χ0v) is 7.61. The van der Waals surface area contributed by atoms with Gasteiger partial charge in [-0.2, -0.15) is 0 Å². The molecule has 0 aliphatic heterocycles. The summed E-state index contributed by atoms with van der Waals surface area (Å²) in [6.07, 6.45) is -0.593. The van der Waals surface area contributed by atoms with E-state index in [1.807, 2.05) is 0 Å². The normalized spacial score (nSPS) is 10.0. The molecule has 72 valence electrons. The third-order valence-corrected chi connectivity index (χ3v) is 0.553. The van der Waals surface area contributed by atoms with Crippen molar-refractivity contribution in [3.05, 3.63) is 0 Å². The molecule has 0 spiro atoms. The van der Waals surface area contributed by atoms with Gasteiger partial charge in [0, 0.05) is 0 Å². The Morgan fingerprint density at radius 2 is 1.31 bits per heavy atom. The van der Waals surface area contributed by atoms with Crippen LogP contribution < -0.4 is 18.9 Å². The topological polar surface area (TPSA) is 135 Å². The van der Waals surface area contributed by atoms with Crippen molar-refractivity contribution in [1.82, 2.24) is 0 Å². The van der Waals surface area contributed by atoms with E-state index < -0.39 is 23.3 Å². The Morgan fingerprint density at radius 1 is 1.15 bits per heavy atom. The molecule has 0 radical (unpaired) electrons. The fourth-order valence-corrected chi connectivity index (χ4v) is 0.214. The van der Waals surface area contributed by atoms with Crippen LogP contribution in [-0.4, -0.2) is 35.5 Å². The molecule has 13 heavy (non-hydrogen) atoms. The molecule has 7 nitrogen and oxygen atoms in total. The summed E-state index contributed by atoms with van der Waals surface area (Å²) in [6.45, 7) is 0. The standard InChI is InChI=1S/C4H6O4.Li.H2O3S/c5-3(6)1-2-4(7)8;;1-4(2)3/h1-2H2,(H,5,6)(H,7,8);;(H2,1,2,3)/q;+1;/p-1. The first-order chi connectivity index (χ1) is 5.36. The van der Waals surface area contributed by atoms with Gasteiger partial charge in [0.15, 0.2) is 0 Å². The summed E-state index contributed by atoms with van der Waals surface area (Å²) in [5, 5.41) is 15.8. The van der Waals surface area contributed by atoms with Gasteiger partial charge in [-0.25, -0.2) is 4.21 Å². The number of rotatable bonds is 3. The number of hydrogen-bond acceptors (Lipinski definition) is 4. The van der Waals surface area contributed by atoms with E-state index in [0.29, 0.717) is 0 Å². The van der Waals surface area contributed by atoms with Gasteiger partial charge in [-0.05, 0) is 0 Å². The third-order valence-electron chi connectivity index (χ3n) is 0.553. The van der Waals surface area contributed by atoms with E-state index in [4.69, 9.17) is 23.5 Å². The van der Waals surface area contributed by atoms with E-state index >= 15 is 0 Å². The molecule has 0 aromatic heterocycles. The van der Waals surface area contributed by atoms with Crippen LogP contribution in [0.2, 0.25) is 0 Å². The zero-order chi connectivity index (χ0) is 10.1. The molecule has 0 saturated carbocycles. The predicted molar refractivity (Wildman–Crippen MR) is 36.1 cm³/mol. The van der Waals surface area contributed by atoms with Crippen molar-refractivity contribution >= 4 is 23.3 Å². The first-order valence-electron chi connectivity index (χ1n) is 2.58. The van der Waals surface area contributed by atoms with Gasteiger partial charge in [-0.1, -0.05) is 0 Å². The summed E-state index contributed by atoms with van der Waals surface area (Å²) >= 11 is -2.86. The Morgan fingerprint density at radius 3 is 1.38 bits per heavy atom. The average molecular weight is 206 g/mol. The maximum absolute atomic E-state index is 9.64. The van der Waals surface area contributed by atoms with E-state index in [0.717, 1.165) is 0 Å². The van der Waals surface area contributed by atoms with Gasteiger partial charge >= 0.3 is 30.8 Å². The van der Waals surface area contributed by atoms with Gasteiger partial charge in [-0.3, -0.25) is 9.59 Å². The molecule has 0 rings (SSSR count). The van der Waals surface area contributed by atoms with Crippen molar-refractivity contribution in [1.29, 1.82) is 0 Å². The number of aliphatic carboxylic acids is 2. The second-order valence-corrected chi connectivity index (χ2v) is 1.94. The molecule has 0 aliphatic rings. The van der Waals surface area contributed by atoms with Crippen molar-refractivity contribution in [3.8, 4) is 0 Å². The Labute approximate surface area is 88.4 Å². The minimum absolute atomic E-state index is 0. The van der Waals surface area contributed by atoms with Crippen molar-refractivity contribution in [2.24, 2.45) is 0 Å². The average Bonchev–Trinajstić information content (AvgIpc) is 1.82. The molecule has 0 saturated heterocycles. The van der Waals surface area contributed by atoms with Crippen LogP contribution in [0.5, 0.6) is 0 Å². The molecule has 0 fully saturated rings. The second kappa shape index (κ2) is 11.6. The Kier molecular flexibility index (Phi) is 16.4. The Balaban J connectivity index is -0.000000173. The molecule has 1 unspecified atom stereocenters. The number of carboxylic acids is 2. The van der Waals surface area contributed by atoms with Crippen LogP contribution in [0.1, 0.15) is 12.8 Å². The molecule has 0 aromatic carbocycles. The van der Waals surface area contributed by atoms with Crippen LogP contribution in [0.3, 0.4) is 0 Å². The molecule has 0 amide bonds. The molecule has 0 heterocycles. The van der Waals surface area contributed by atoms with Gasteiger partial charge in [0.1, 0.15) is 0 Å². The van der Waals surface area contributed by atoms with Crippen molar-refractivity contribution in [2.45, 2.75) is 12.8 Å². The summed E-state index contributed by atoms with van der Waals surface area (Å²) in [5.41, 5.74) is 0. The second-order valence-electron chi connectivity index (χ2n) is 1.50. The molecule has 0 aromatic rings. The summed E-state index contributed by atoms with van der Waals surface area (Å²) in [5.74, 6) is -2.15. The van der Waals surface area contributed by atoms with Crippen LogP contribution in [-0.2, 0) is 21.0 Å². The predicted octanol–water partition coefficient (Wildman–Crippen LogP) is -3.72. The van der Waals surface area contributed by atoms with Crippen molar-refractivity contribution in [3.63, 3.8) is 0 Å². The first kappa shape index (κ1) is 18.4. The van der Waals surface area contributed by atoms with Crippen LogP contribution in [0.25, 0.3) is 0 Å². The number of carbonyl (C=O) groups is 2. The molecule has 1 atom stereocenters. The van der Waals surface area contributed by atoms with E-state index in [-0.39, 0.29) is 31.7 Å². The third kappa shape index (κ3) is 50.5. The SMILES string of the molecule is O=C(O)CCC(=O)O.O=S([O-])O.[Li+]. The van der Waals surface area contributed by atoms with Crippen LogP contribution in [0, 0.1) is 0 Å². The zero-order valence-electron chi connectivity index (χ0n) is 6.80. The van der Waals surface area contributed by atoms with E-state index in [1.54, 1.807) is 0 Å². The summed E-state index contributed by atoms with van der Waals surface area (Å²) in [7, 11) is 0. The summed E-state index contributed by atoms with van der Waals surface area (Å²) in [6, 6.07) is 0. The molecule has 9 heteroatoms. The molecule has 0 bridgehead atoms. The summed E-state index contributed by atoms with van der Waals surface area (Å²) < 4.78 is 24.1. The molecule has 3 N–H and O–H groups in total. The smallest absolute Gasteiger partial charge is 0.750 e. The molecule has 0 aliphatic carbocycles. The number of hydrogen-bond donors (Lipinski definition) is 3. The van der Waals surface area contributed by atoms with Crippen LogP contribution >= 0.6 is 0 Å². The van der Waals surface area contributed by atoms with Gasteiger partial charge in [-0.15, -0.1) is 0 Å². The largest absolute Gasteiger partial charge is 1.00 e. The monoisotopic (exact) mass is 206 g/mol. The quantitative estimate of drug-likeness (QED) is 0.319. The molecular formula is C4H7LiO7S. The Bertz CT molecular complexity index is 163. The van der Waals surface area contributed by atoms with Gasteiger partial charge < -0.3 is 19.3 Å².